The van der Waals surface area contributed by atoms with Crippen LogP contribution in [0, 0.1) is 0 Å². The van der Waals surface area contributed by atoms with Crippen LogP contribution in [0.25, 0.3) is 5.57 Å². The van der Waals surface area contributed by atoms with Crippen molar-refractivity contribution in [1.29, 1.82) is 0 Å². The Morgan fingerprint density at radius 3 is 2.42 bits per heavy atom. The molecule has 0 bridgehead atoms. The summed E-state index contributed by atoms with van der Waals surface area (Å²) in [5, 5.41) is 3.42. The smallest absolute Gasteiger partial charge is 0.326 e. The van der Waals surface area contributed by atoms with Crippen LogP contribution >= 0.6 is 22.9 Å². The molecule has 1 N–H and O–H groups in total. The molecule has 2 amide bonds. The Morgan fingerprint density at radius 2 is 1.70 bits per heavy atom. The number of esters is 1. The summed E-state index contributed by atoms with van der Waals surface area (Å²) in [6.07, 6.45) is 0. The predicted octanol–water partition coefficient (Wildman–Crippen LogP) is 3.81. The SMILES string of the molecule is CCOC(=O)CN1C(=O)/C(=c2/sc3n(c2=O)[C@H](c2ccc(Cl)cc2)C(C(=O)Nc2ccccc2)=C(C)N=3)c2ccccc21. The molecule has 6 rings (SSSR count). The summed E-state index contributed by atoms with van der Waals surface area (Å²) in [6, 6.07) is 22.1. The lowest BCUT2D eigenvalue weighted by atomic mass is 9.95. The molecule has 1 atom stereocenters. The average molecular weight is 613 g/mol. The topological polar surface area (TPSA) is 110 Å². The summed E-state index contributed by atoms with van der Waals surface area (Å²) in [5.41, 5.74) is 2.71. The summed E-state index contributed by atoms with van der Waals surface area (Å²) >= 11 is 7.26. The molecule has 3 aromatic carbocycles. The summed E-state index contributed by atoms with van der Waals surface area (Å²) < 4.78 is 6.70. The molecule has 9 nitrogen and oxygen atoms in total. The number of fused-ring (bicyclic) bond motifs is 2. The Balaban J connectivity index is 1.54. The molecular weight excluding hydrogens is 588 g/mol. The molecule has 216 valence electrons. The number of nitrogens with one attached hydrogen (secondary N) is 1. The van der Waals surface area contributed by atoms with Crippen LogP contribution in [-0.4, -0.2) is 35.5 Å². The number of carbonyl (C=O) groups is 3. The normalized spacial score (nSPS) is 16.9. The van der Waals surface area contributed by atoms with Crippen LogP contribution in [0.3, 0.4) is 0 Å². The maximum atomic E-state index is 14.3. The van der Waals surface area contributed by atoms with Crippen LogP contribution in [0.2, 0.25) is 5.02 Å². The van der Waals surface area contributed by atoms with Gasteiger partial charge in [-0.25, -0.2) is 4.99 Å². The van der Waals surface area contributed by atoms with E-state index in [1.807, 2.05) is 18.2 Å². The van der Waals surface area contributed by atoms with Crippen molar-refractivity contribution in [3.63, 3.8) is 0 Å². The van der Waals surface area contributed by atoms with Crippen LogP contribution in [0.15, 0.2) is 99.9 Å². The van der Waals surface area contributed by atoms with Crippen LogP contribution in [0.4, 0.5) is 11.4 Å². The number of amides is 2. The van der Waals surface area contributed by atoms with E-state index in [1.54, 1.807) is 74.5 Å². The summed E-state index contributed by atoms with van der Waals surface area (Å²) in [4.78, 5) is 60.6. The number of rotatable bonds is 6. The largest absolute Gasteiger partial charge is 0.465 e. The highest BCUT2D eigenvalue weighted by Crippen LogP contribution is 2.36. The Kier molecular flexibility index (Phi) is 7.55. The number of halogens is 1. The van der Waals surface area contributed by atoms with Crippen molar-refractivity contribution in [3.8, 4) is 0 Å². The highest BCUT2D eigenvalue weighted by molar-refractivity contribution is 7.07. The zero-order chi connectivity index (χ0) is 30.2. The van der Waals surface area contributed by atoms with E-state index >= 15 is 0 Å². The second kappa shape index (κ2) is 11.5. The van der Waals surface area contributed by atoms with E-state index in [-0.39, 0.29) is 28.8 Å². The van der Waals surface area contributed by atoms with Gasteiger partial charge in [0.1, 0.15) is 11.1 Å². The number of thiazole rings is 1. The summed E-state index contributed by atoms with van der Waals surface area (Å²) in [6.45, 7) is 3.30. The predicted molar refractivity (Wildman–Crippen MR) is 165 cm³/mol. The van der Waals surface area contributed by atoms with E-state index in [0.717, 1.165) is 11.3 Å². The van der Waals surface area contributed by atoms with Crippen LogP contribution in [0.1, 0.15) is 31.0 Å². The fraction of sp³-hybridized carbons (Fsp3) is 0.156. The first-order valence-electron chi connectivity index (χ1n) is 13.5. The van der Waals surface area contributed by atoms with E-state index < -0.39 is 29.4 Å². The van der Waals surface area contributed by atoms with Crippen LogP contribution < -0.4 is 25.1 Å². The molecule has 0 radical (unpaired) electrons. The fourth-order valence-electron chi connectivity index (χ4n) is 5.33. The van der Waals surface area contributed by atoms with Crippen molar-refractivity contribution in [3.05, 3.63) is 126 Å². The van der Waals surface area contributed by atoms with Gasteiger partial charge in [0.25, 0.3) is 17.4 Å². The molecule has 3 heterocycles. The molecule has 43 heavy (non-hydrogen) atoms. The highest BCUT2D eigenvalue weighted by Gasteiger charge is 2.37. The number of anilines is 2. The van der Waals surface area contributed by atoms with Crippen molar-refractivity contribution in [2.45, 2.75) is 19.9 Å². The fourth-order valence-corrected chi connectivity index (χ4v) is 6.60. The third kappa shape index (κ3) is 5.09. The number of nitrogens with zero attached hydrogens (tertiary/aromatic N) is 3. The van der Waals surface area contributed by atoms with Crippen molar-refractivity contribution in [2.24, 2.45) is 4.99 Å². The number of hydrogen-bond acceptors (Lipinski definition) is 7. The van der Waals surface area contributed by atoms with Gasteiger partial charge in [0.15, 0.2) is 4.80 Å². The lowest BCUT2D eigenvalue weighted by molar-refractivity contribution is -0.142. The molecule has 1 aromatic heterocycles. The monoisotopic (exact) mass is 612 g/mol. The molecule has 11 heteroatoms. The number of carbonyl (C=O) groups excluding carboxylic acids is 3. The minimum atomic E-state index is -0.839. The first-order chi connectivity index (χ1) is 20.8. The summed E-state index contributed by atoms with van der Waals surface area (Å²) in [5.74, 6) is -1.45. The van der Waals surface area contributed by atoms with Crippen LogP contribution in [-0.2, 0) is 19.1 Å². The first kappa shape index (κ1) is 28.3. The number of benzene rings is 3. The van der Waals surface area contributed by atoms with Crippen molar-refractivity contribution in [1.82, 2.24) is 4.57 Å². The minimum Gasteiger partial charge on any atom is -0.465 e. The second-order valence-corrected chi connectivity index (χ2v) is 11.3. The minimum absolute atomic E-state index is 0.166. The van der Waals surface area contributed by atoms with Crippen molar-refractivity contribution >= 4 is 57.7 Å². The van der Waals surface area contributed by atoms with Gasteiger partial charge in [0.05, 0.1) is 35.2 Å². The maximum absolute atomic E-state index is 14.3. The number of aromatic nitrogens is 1. The van der Waals surface area contributed by atoms with Crippen molar-refractivity contribution < 1.29 is 19.1 Å². The van der Waals surface area contributed by atoms with Crippen LogP contribution in [0.5, 0.6) is 0 Å². The number of allylic oxidation sites excluding steroid dienone is 1. The van der Waals surface area contributed by atoms with Gasteiger partial charge in [0, 0.05) is 16.3 Å². The van der Waals surface area contributed by atoms with E-state index in [1.165, 1.54) is 9.47 Å². The standard InChI is InChI=1S/C32H25ClN4O5S/c1-3-42-24(38)17-36-23-12-8-7-11-22(23)26(30(36)40)28-31(41)37-27(19-13-15-20(33)16-14-19)25(18(2)34-32(37)43-28)29(39)35-21-9-5-4-6-10-21/h4-16,27H,3,17H2,1-2H3,(H,35,39)/b28-26+/t27-/m1/s1. The Bertz CT molecular complexity index is 2000. The molecule has 2 aliphatic heterocycles. The number of hydrogen-bond donors (Lipinski definition) is 1. The molecule has 4 aromatic rings. The molecule has 0 aliphatic carbocycles. The third-order valence-corrected chi connectivity index (χ3v) is 8.51. The van der Waals surface area contributed by atoms with Gasteiger partial charge in [-0.1, -0.05) is 71.5 Å². The zero-order valence-corrected chi connectivity index (χ0v) is 24.7. The Labute approximate surface area is 255 Å². The van der Waals surface area contributed by atoms with E-state index in [2.05, 4.69) is 10.3 Å². The maximum Gasteiger partial charge on any atom is 0.326 e. The molecule has 0 saturated carbocycles. The zero-order valence-electron chi connectivity index (χ0n) is 23.2. The van der Waals surface area contributed by atoms with E-state index in [9.17, 15) is 19.2 Å². The molecule has 0 fully saturated rings. The molecular formula is C32H25ClN4O5S. The summed E-state index contributed by atoms with van der Waals surface area (Å²) in [7, 11) is 0. The molecule has 2 aliphatic rings. The highest BCUT2D eigenvalue weighted by atomic mass is 35.5. The molecule has 0 unspecified atom stereocenters. The molecule has 0 spiro atoms. The average Bonchev–Trinajstić information content (AvgIpc) is 3.45. The number of ether oxygens (including phenoxy) is 1. The van der Waals surface area contributed by atoms with Gasteiger partial charge in [-0.05, 0) is 49.7 Å². The van der Waals surface area contributed by atoms with Gasteiger partial charge in [0.2, 0.25) is 0 Å². The molecule has 0 saturated heterocycles. The quantitative estimate of drug-likeness (QED) is 0.333. The van der Waals surface area contributed by atoms with Crippen molar-refractivity contribution in [2.75, 3.05) is 23.4 Å². The first-order valence-corrected chi connectivity index (χ1v) is 14.7. The van der Waals surface area contributed by atoms with Gasteiger partial charge in [-0.15, -0.1) is 0 Å². The van der Waals surface area contributed by atoms with Gasteiger partial charge in [-0.2, -0.15) is 0 Å². The lowest BCUT2D eigenvalue weighted by Gasteiger charge is -2.25. The van der Waals surface area contributed by atoms with Gasteiger partial charge in [-0.3, -0.25) is 28.6 Å². The number of para-hydroxylation sites is 2. The van der Waals surface area contributed by atoms with E-state index in [0.29, 0.717) is 38.0 Å². The third-order valence-electron chi connectivity index (χ3n) is 7.20. The van der Waals surface area contributed by atoms with E-state index in [4.69, 9.17) is 16.3 Å². The Morgan fingerprint density at radius 1 is 1.00 bits per heavy atom. The lowest BCUT2D eigenvalue weighted by Crippen LogP contribution is -2.41. The van der Waals surface area contributed by atoms with Gasteiger partial charge >= 0.3 is 5.97 Å². The van der Waals surface area contributed by atoms with Gasteiger partial charge < -0.3 is 10.1 Å². The second-order valence-electron chi connectivity index (χ2n) is 9.86. The Hall–Kier alpha value is -4.80.